The van der Waals surface area contributed by atoms with Crippen molar-refractivity contribution in [1.29, 1.82) is 0 Å². The van der Waals surface area contributed by atoms with E-state index in [4.69, 9.17) is 0 Å². The van der Waals surface area contributed by atoms with Crippen LogP contribution in [0.2, 0.25) is 0 Å². The van der Waals surface area contributed by atoms with Crippen LogP contribution in [0.15, 0.2) is 17.3 Å². The van der Waals surface area contributed by atoms with Crippen LogP contribution in [0.4, 0.5) is 0 Å². The van der Waals surface area contributed by atoms with Gasteiger partial charge in [0.25, 0.3) is 0 Å². The number of rotatable bonds is 5. The highest BCUT2D eigenvalue weighted by Gasteiger charge is 2.60. The number of carbonyl (C=O) groups is 1. The number of thioether (sulfide) groups is 1. The van der Waals surface area contributed by atoms with Crippen LogP contribution in [0.5, 0.6) is 0 Å². The standard InChI is InChI=1S/C15H23N5OS/c1-10-14(2,3)11-5-6-15(10,9-11)12(21)16-7-8-22-13-17-18-19-20(13)4/h11H,1,5-9H2,2-4H3,(H,16,21)/t11-,15-/m0/s1. The van der Waals surface area contributed by atoms with Gasteiger partial charge in [-0.3, -0.25) is 4.79 Å². The normalized spacial score (nSPS) is 29.0. The minimum absolute atomic E-state index is 0.0919. The minimum atomic E-state index is -0.328. The quantitative estimate of drug-likeness (QED) is 0.508. The van der Waals surface area contributed by atoms with E-state index in [-0.39, 0.29) is 16.7 Å². The molecule has 2 aliphatic carbocycles. The smallest absolute Gasteiger partial charge is 0.230 e. The summed E-state index contributed by atoms with van der Waals surface area (Å²) in [6, 6.07) is 0. The van der Waals surface area contributed by atoms with Gasteiger partial charge in [-0.1, -0.05) is 37.8 Å². The summed E-state index contributed by atoms with van der Waals surface area (Å²) in [5.41, 5.74) is 0.888. The van der Waals surface area contributed by atoms with E-state index in [9.17, 15) is 4.79 Å². The second-order valence-corrected chi connectivity index (χ2v) is 7.97. The van der Waals surface area contributed by atoms with E-state index < -0.39 is 0 Å². The van der Waals surface area contributed by atoms with Crippen molar-refractivity contribution < 1.29 is 4.79 Å². The van der Waals surface area contributed by atoms with Crippen LogP contribution in [-0.4, -0.2) is 38.4 Å². The van der Waals surface area contributed by atoms with Crippen molar-refractivity contribution in [1.82, 2.24) is 25.5 Å². The summed E-state index contributed by atoms with van der Waals surface area (Å²) in [5.74, 6) is 1.52. The highest BCUT2D eigenvalue weighted by Crippen LogP contribution is 2.65. The van der Waals surface area contributed by atoms with E-state index in [2.05, 4.69) is 41.3 Å². The second kappa shape index (κ2) is 5.37. The van der Waals surface area contributed by atoms with Gasteiger partial charge in [-0.2, -0.15) is 0 Å². The maximum absolute atomic E-state index is 12.7. The lowest BCUT2D eigenvalue weighted by molar-refractivity contribution is -0.128. The third-order valence-electron chi connectivity index (χ3n) is 5.53. The number of carbonyl (C=O) groups excluding carboxylic acids is 1. The molecule has 1 amide bonds. The third kappa shape index (κ3) is 2.26. The Bertz CT molecular complexity index is 611. The molecular weight excluding hydrogens is 298 g/mol. The Labute approximate surface area is 135 Å². The van der Waals surface area contributed by atoms with Crippen molar-refractivity contribution in [3.8, 4) is 0 Å². The Morgan fingerprint density at radius 1 is 1.55 bits per heavy atom. The van der Waals surface area contributed by atoms with Gasteiger partial charge in [0, 0.05) is 19.3 Å². The van der Waals surface area contributed by atoms with E-state index in [0.29, 0.717) is 12.5 Å². The summed E-state index contributed by atoms with van der Waals surface area (Å²) in [5, 5.41) is 15.2. The first-order valence-electron chi connectivity index (χ1n) is 7.71. The third-order valence-corrected chi connectivity index (χ3v) is 6.54. The molecule has 1 N–H and O–H groups in total. The van der Waals surface area contributed by atoms with Gasteiger partial charge < -0.3 is 5.32 Å². The molecule has 3 rings (SSSR count). The number of hydrogen-bond acceptors (Lipinski definition) is 5. The maximum atomic E-state index is 12.7. The fourth-order valence-electron chi connectivity index (χ4n) is 3.96. The molecule has 1 heterocycles. The molecule has 120 valence electrons. The van der Waals surface area contributed by atoms with E-state index >= 15 is 0 Å². The molecule has 22 heavy (non-hydrogen) atoms. The molecule has 2 bridgehead atoms. The van der Waals surface area contributed by atoms with Gasteiger partial charge in [0.05, 0.1) is 5.41 Å². The van der Waals surface area contributed by atoms with Crippen molar-refractivity contribution in [3.05, 3.63) is 12.2 Å². The predicted octanol–water partition coefficient (Wildman–Crippen LogP) is 1.80. The molecule has 1 aromatic rings. The number of aromatic nitrogens is 4. The summed E-state index contributed by atoms with van der Waals surface area (Å²) in [6.07, 6.45) is 3.05. The first-order chi connectivity index (χ1) is 10.4. The number of aryl methyl sites for hydroxylation is 1. The molecule has 0 aliphatic heterocycles. The zero-order chi connectivity index (χ0) is 16.0. The highest BCUT2D eigenvalue weighted by atomic mass is 32.2. The number of hydrogen-bond donors (Lipinski definition) is 1. The lowest BCUT2D eigenvalue weighted by Gasteiger charge is -2.37. The zero-order valence-electron chi connectivity index (χ0n) is 13.4. The Kier molecular flexibility index (Phi) is 3.79. The van der Waals surface area contributed by atoms with E-state index in [1.807, 2.05) is 7.05 Å². The van der Waals surface area contributed by atoms with E-state index in [1.165, 1.54) is 0 Å². The van der Waals surface area contributed by atoms with Crippen molar-refractivity contribution in [2.45, 2.75) is 38.3 Å². The largest absolute Gasteiger partial charge is 0.354 e. The van der Waals surface area contributed by atoms with Gasteiger partial charge in [0.1, 0.15) is 0 Å². The molecule has 2 saturated carbocycles. The van der Waals surface area contributed by atoms with Gasteiger partial charge in [0.2, 0.25) is 11.1 Å². The van der Waals surface area contributed by atoms with Crippen LogP contribution >= 0.6 is 11.8 Å². The van der Waals surface area contributed by atoms with Crippen LogP contribution < -0.4 is 5.32 Å². The highest BCUT2D eigenvalue weighted by molar-refractivity contribution is 7.99. The van der Waals surface area contributed by atoms with Gasteiger partial charge in [0.15, 0.2) is 0 Å². The molecule has 0 saturated heterocycles. The number of nitrogens with zero attached hydrogens (tertiary/aromatic N) is 4. The molecule has 0 spiro atoms. The van der Waals surface area contributed by atoms with Crippen LogP contribution in [0.3, 0.4) is 0 Å². The molecular formula is C15H23N5OS. The molecule has 2 atom stereocenters. The average molecular weight is 321 g/mol. The topological polar surface area (TPSA) is 72.7 Å². The summed E-state index contributed by atoms with van der Waals surface area (Å²) < 4.78 is 1.63. The number of amides is 1. The minimum Gasteiger partial charge on any atom is -0.354 e. The Morgan fingerprint density at radius 2 is 2.32 bits per heavy atom. The van der Waals surface area contributed by atoms with Crippen LogP contribution in [-0.2, 0) is 11.8 Å². The van der Waals surface area contributed by atoms with Crippen molar-refractivity contribution >= 4 is 17.7 Å². The maximum Gasteiger partial charge on any atom is 0.230 e. The molecule has 0 unspecified atom stereocenters. The van der Waals surface area contributed by atoms with E-state index in [1.54, 1.807) is 16.4 Å². The SMILES string of the molecule is C=C1C(C)(C)[C@H]2CC[C@]1(C(=O)NCCSc1nnnn1C)C2. The first-order valence-corrected chi connectivity index (χ1v) is 8.70. The Balaban J connectivity index is 1.55. The van der Waals surface area contributed by atoms with Gasteiger partial charge in [-0.25, -0.2) is 4.68 Å². The monoisotopic (exact) mass is 321 g/mol. The number of tetrazole rings is 1. The fourth-order valence-corrected chi connectivity index (χ4v) is 4.67. The van der Waals surface area contributed by atoms with E-state index in [0.717, 1.165) is 35.7 Å². The van der Waals surface area contributed by atoms with Crippen molar-refractivity contribution in [2.24, 2.45) is 23.8 Å². The van der Waals surface area contributed by atoms with Crippen LogP contribution in [0.1, 0.15) is 33.1 Å². The summed E-state index contributed by atoms with van der Waals surface area (Å²) >= 11 is 1.55. The lowest BCUT2D eigenvalue weighted by Crippen LogP contribution is -2.42. The first kappa shape index (κ1) is 15.5. The average Bonchev–Trinajstić information content (AvgIpc) is 3.13. The second-order valence-electron chi connectivity index (χ2n) is 6.91. The van der Waals surface area contributed by atoms with Crippen molar-refractivity contribution in [3.63, 3.8) is 0 Å². The zero-order valence-corrected chi connectivity index (χ0v) is 14.2. The molecule has 7 heteroatoms. The predicted molar refractivity (Wildman–Crippen MR) is 85.2 cm³/mol. The summed E-state index contributed by atoms with van der Waals surface area (Å²) in [4.78, 5) is 12.7. The van der Waals surface area contributed by atoms with Gasteiger partial charge >= 0.3 is 0 Å². The van der Waals surface area contributed by atoms with Crippen LogP contribution in [0.25, 0.3) is 0 Å². The Hall–Kier alpha value is -1.37. The molecule has 1 aromatic heterocycles. The number of fused-ring (bicyclic) bond motifs is 2. The molecule has 0 aromatic carbocycles. The molecule has 0 radical (unpaired) electrons. The fraction of sp³-hybridized carbons (Fsp3) is 0.733. The molecule has 2 aliphatic rings. The lowest BCUT2D eigenvalue weighted by atomic mass is 9.68. The molecule has 6 nitrogen and oxygen atoms in total. The summed E-state index contributed by atoms with van der Waals surface area (Å²) in [6.45, 7) is 9.34. The Morgan fingerprint density at radius 3 is 2.91 bits per heavy atom. The van der Waals surface area contributed by atoms with Crippen molar-refractivity contribution in [2.75, 3.05) is 12.3 Å². The van der Waals surface area contributed by atoms with Crippen LogP contribution in [0, 0.1) is 16.7 Å². The summed E-state index contributed by atoms with van der Waals surface area (Å²) in [7, 11) is 1.81. The van der Waals surface area contributed by atoms with Gasteiger partial charge in [-0.15, -0.1) is 5.10 Å². The van der Waals surface area contributed by atoms with Gasteiger partial charge in [-0.05, 0) is 41.0 Å². The molecule has 2 fully saturated rings. The number of nitrogens with one attached hydrogen (secondary N) is 1.